The molecule has 0 atom stereocenters. The van der Waals surface area contributed by atoms with Gasteiger partial charge in [-0.2, -0.15) is 5.26 Å². The first-order valence-electron chi connectivity index (χ1n) is 10.9. The molecule has 7 heteroatoms. The second kappa shape index (κ2) is 10.0. The number of fused-ring (bicyclic) bond motifs is 1. The number of nitriles is 1. The van der Waals surface area contributed by atoms with Gasteiger partial charge in [-0.1, -0.05) is 36.4 Å². The Morgan fingerprint density at radius 3 is 2.41 bits per heavy atom. The van der Waals surface area contributed by atoms with Crippen molar-refractivity contribution in [3.05, 3.63) is 95.1 Å². The van der Waals surface area contributed by atoms with E-state index in [9.17, 15) is 14.9 Å². The van der Waals surface area contributed by atoms with E-state index in [4.69, 9.17) is 0 Å². The van der Waals surface area contributed by atoms with Gasteiger partial charge in [-0.05, 0) is 56.1 Å². The van der Waals surface area contributed by atoms with Crippen molar-refractivity contribution in [3.8, 4) is 6.07 Å². The number of amides is 2. The predicted molar refractivity (Wildman–Crippen MR) is 134 cm³/mol. The summed E-state index contributed by atoms with van der Waals surface area (Å²) in [6, 6.07) is 24.0. The Morgan fingerprint density at radius 2 is 1.74 bits per heavy atom. The lowest BCUT2D eigenvalue weighted by Crippen LogP contribution is -2.31. The molecule has 1 aliphatic heterocycles. The van der Waals surface area contributed by atoms with Gasteiger partial charge >= 0.3 is 0 Å². The fourth-order valence-electron chi connectivity index (χ4n) is 3.72. The number of benzene rings is 3. The van der Waals surface area contributed by atoms with E-state index in [1.807, 2.05) is 61.5 Å². The van der Waals surface area contributed by atoms with E-state index in [1.165, 1.54) is 0 Å². The predicted octanol–water partition coefficient (Wildman–Crippen LogP) is 3.78. The summed E-state index contributed by atoms with van der Waals surface area (Å²) in [5, 5.41) is 18.3. The molecule has 0 spiro atoms. The highest BCUT2D eigenvalue weighted by Gasteiger charge is 2.28. The van der Waals surface area contributed by atoms with Crippen LogP contribution in [-0.4, -0.2) is 43.9 Å². The molecule has 0 unspecified atom stereocenters. The minimum atomic E-state index is -0.242. The number of nitrogens with zero attached hydrogens (tertiary/aromatic N) is 2. The molecule has 3 aromatic carbocycles. The number of anilines is 2. The summed E-state index contributed by atoms with van der Waals surface area (Å²) in [4.78, 5) is 27.4. The largest absolute Gasteiger partial charge is 0.354 e. The molecule has 7 nitrogen and oxygen atoms in total. The van der Waals surface area contributed by atoms with Crippen LogP contribution in [0, 0.1) is 11.3 Å². The van der Waals surface area contributed by atoms with Crippen molar-refractivity contribution >= 4 is 34.5 Å². The van der Waals surface area contributed by atoms with E-state index >= 15 is 0 Å². The molecule has 34 heavy (non-hydrogen) atoms. The second-order valence-electron chi connectivity index (χ2n) is 8.20. The van der Waals surface area contributed by atoms with Crippen molar-refractivity contribution in [2.24, 2.45) is 0 Å². The molecule has 2 amide bonds. The first kappa shape index (κ1) is 22.8. The van der Waals surface area contributed by atoms with Crippen molar-refractivity contribution < 1.29 is 9.59 Å². The zero-order valence-corrected chi connectivity index (χ0v) is 19.1. The minimum Gasteiger partial charge on any atom is -0.354 e. The highest BCUT2D eigenvalue weighted by Crippen LogP contribution is 2.38. The zero-order valence-electron chi connectivity index (χ0n) is 19.1. The first-order chi connectivity index (χ1) is 16.5. The Hall–Kier alpha value is -4.41. The standard InChI is InChI=1S/C27H25N5O2/c1-32(2)15-14-29-26(33)20-9-11-21(12-10-20)30-25(19-6-4-3-5-7-19)24-22-13-8-18(17-28)16-23(22)31-27(24)34/h3-13,16,30H,14-15H2,1-2H3,(H,29,33)(H,31,34)/b25-24-. The number of likely N-dealkylation sites (N-methyl/N-ethyl adjacent to an activating group) is 1. The van der Waals surface area contributed by atoms with Crippen molar-refractivity contribution in [2.75, 3.05) is 37.8 Å². The lowest BCUT2D eigenvalue weighted by molar-refractivity contribution is -0.110. The summed E-state index contributed by atoms with van der Waals surface area (Å²) >= 11 is 0. The number of carbonyl (C=O) groups is 2. The summed E-state index contributed by atoms with van der Waals surface area (Å²) in [7, 11) is 3.91. The summed E-state index contributed by atoms with van der Waals surface area (Å²) < 4.78 is 0. The van der Waals surface area contributed by atoms with Gasteiger partial charge in [-0.25, -0.2) is 0 Å². The maximum atomic E-state index is 13.0. The molecule has 0 aliphatic carbocycles. The fraction of sp³-hybridized carbons (Fsp3) is 0.148. The van der Waals surface area contributed by atoms with Gasteiger partial charge in [0, 0.05) is 29.9 Å². The minimum absolute atomic E-state index is 0.132. The van der Waals surface area contributed by atoms with Crippen molar-refractivity contribution in [3.63, 3.8) is 0 Å². The molecule has 170 valence electrons. The molecule has 1 aliphatic rings. The smallest absolute Gasteiger partial charge is 0.258 e. The molecule has 1 heterocycles. The number of nitrogens with one attached hydrogen (secondary N) is 3. The maximum Gasteiger partial charge on any atom is 0.258 e. The van der Waals surface area contributed by atoms with Crippen molar-refractivity contribution in [2.45, 2.75) is 0 Å². The lowest BCUT2D eigenvalue weighted by Gasteiger charge is -2.15. The molecule has 3 N–H and O–H groups in total. The molecule has 0 bridgehead atoms. The number of hydrogen-bond acceptors (Lipinski definition) is 5. The van der Waals surface area contributed by atoms with Crippen LogP contribution in [-0.2, 0) is 4.79 Å². The van der Waals surface area contributed by atoms with Crippen LogP contribution >= 0.6 is 0 Å². The Morgan fingerprint density at radius 1 is 1.00 bits per heavy atom. The average molecular weight is 452 g/mol. The zero-order chi connectivity index (χ0) is 24.1. The molecule has 4 rings (SSSR count). The average Bonchev–Trinajstić information content (AvgIpc) is 3.17. The van der Waals surface area contributed by atoms with Gasteiger partial charge in [-0.3, -0.25) is 9.59 Å². The van der Waals surface area contributed by atoms with Gasteiger partial charge in [0.2, 0.25) is 0 Å². The van der Waals surface area contributed by atoms with Crippen molar-refractivity contribution in [1.29, 1.82) is 5.26 Å². The van der Waals surface area contributed by atoms with Crippen LogP contribution < -0.4 is 16.0 Å². The van der Waals surface area contributed by atoms with E-state index in [-0.39, 0.29) is 11.8 Å². The molecule has 0 saturated carbocycles. The summed E-state index contributed by atoms with van der Waals surface area (Å²) in [5.74, 6) is -0.374. The van der Waals surface area contributed by atoms with Crippen LogP contribution in [0.15, 0.2) is 72.8 Å². The monoisotopic (exact) mass is 451 g/mol. The molecule has 3 aromatic rings. The van der Waals surface area contributed by atoms with E-state index < -0.39 is 0 Å². The molecule has 0 aromatic heterocycles. The molecule has 0 fully saturated rings. The third-order valence-corrected chi connectivity index (χ3v) is 5.47. The van der Waals surface area contributed by atoms with Crippen LogP contribution in [0.4, 0.5) is 11.4 Å². The quantitative estimate of drug-likeness (QED) is 0.475. The molecular weight excluding hydrogens is 426 g/mol. The van der Waals surface area contributed by atoms with Gasteiger partial charge in [0.15, 0.2) is 0 Å². The van der Waals surface area contributed by atoms with Crippen LogP contribution in [0.3, 0.4) is 0 Å². The Bertz CT molecular complexity index is 1290. The van der Waals surface area contributed by atoms with E-state index in [0.29, 0.717) is 34.6 Å². The third-order valence-electron chi connectivity index (χ3n) is 5.47. The molecular formula is C27H25N5O2. The van der Waals surface area contributed by atoms with Gasteiger partial charge in [-0.15, -0.1) is 0 Å². The fourth-order valence-corrected chi connectivity index (χ4v) is 3.72. The topological polar surface area (TPSA) is 97.3 Å². The summed E-state index contributed by atoms with van der Waals surface area (Å²) in [5.41, 5.74) is 5.11. The van der Waals surface area contributed by atoms with Crippen LogP contribution in [0.2, 0.25) is 0 Å². The van der Waals surface area contributed by atoms with Crippen LogP contribution in [0.1, 0.15) is 27.0 Å². The summed E-state index contributed by atoms with van der Waals surface area (Å²) in [6.45, 7) is 1.33. The van der Waals surface area contributed by atoms with Gasteiger partial charge in [0.05, 0.1) is 28.6 Å². The highest BCUT2D eigenvalue weighted by atomic mass is 16.2. The van der Waals surface area contributed by atoms with Gasteiger partial charge in [0.1, 0.15) is 0 Å². The first-order valence-corrected chi connectivity index (χ1v) is 10.9. The Labute approximate surface area is 198 Å². The third kappa shape index (κ3) is 4.98. The highest BCUT2D eigenvalue weighted by molar-refractivity contribution is 6.37. The van der Waals surface area contributed by atoms with Crippen LogP contribution in [0.5, 0.6) is 0 Å². The second-order valence-corrected chi connectivity index (χ2v) is 8.20. The van der Waals surface area contributed by atoms with E-state index in [1.54, 1.807) is 30.3 Å². The van der Waals surface area contributed by atoms with E-state index in [2.05, 4.69) is 22.0 Å². The number of rotatable bonds is 7. The maximum absolute atomic E-state index is 13.0. The van der Waals surface area contributed by atoms with Gasteiger partial charge < -0.3 is 20.9 Å². The number of carbonyl (C=O) groups excluding carboxylic acids is 2. The Kier molecular flexibility index (Phi) is 6.72. The van der Waals surface area contributed by atoms with Crippen molar-refractivity contribution in [1.82, 2.24) is 10.2 Å². The van der Waals surface area contributed by atoms with Gasteiger partial charge in [0.25, 0.3) is 11.8 Å². The summed E-state index contributed by atoms with van der Waals surface area (Å²) in [6.07, 6.45) is 0. The normalized spacial score (nSPS) is 13.6. The number of hydrogen-bond donors (Lipinski definition) is 3. The SMILES string of the molecule is CN(C)CCNC(=O)c1ccc(N/C(=C2\C(=O)Nc3cc(C#N)ccc32)c2ccccc2)cc1. The lowest BCUT2D eigenvalue weighted by atomic mass is 9.99. The molecule has 0 saturated heterocycles. The van der Waals surface area contributed by atoms with Crippen LogP contribution in [0.25, 0.3) is 11.3 Å². The van der Waals surface area contributed by atoms with E-state index in [0.717, 1.165) is 23.4 Å². The Balaban J connectivity index is 1.66. The molecule has 0 radical (unpaired) electrons.